The summed E-state index contributed by atoms with van der Waals surface area (Å²) in [5.41, 5.74) is -0.642. The van der Waals surface area contributed by atoms with E-state index in [1.807, 2.05) is 6.92 Å². The minimum Gasteiger partial charge on any atom is -0.457 e. The van der Waals surface area contributed by atoms with Crippen LogP contribution in [0.15, 0.2) is 0 Å². The molecular formula is C9H16F3NO2. The molecule has 0 aliphatic rings. The van der Waals surface area contributed by atoms with Crippen molar-refractivity contribution in [1.82, 2.24) is 5.32 Å². The maximum Gasteiger partial charge on any atom is 0.490 e. The van der Waals surface area contributed by atoms with Crippen LogP contribution in [0.5, 0.6) is 0 Å². The zero-order valence-electron chi connectivity index (χ0n) is 9.07. The number of esters is 1. The first-order valence-electron chi connectivity index (χ1n) is 4.68. The highest BCUT2D eigenvalue weighted by Gasteiger charge is 2.41. The molecule has 0 rings (SSSR count). The maximum absolute atomic E-state index is 11.8. The fourth-order valence-corrected chi connectivity index (χ4v) is 0.842. The molecule has 0 spiro atoms. The summed E-state index contributed by atoms with van der Waals surface area (Å²) in [5, 5.41) is 2.97. The van der Waals surface area contributed by atoms with Crippen molar-refractivity contribution in [2.45, 2.75) is 38.9 Å². The number of hydrogen-bond acceptors (Lipinski definition) is 3. The molecule has 15 heavy (non-hydrogen) atoms. The summed E-state index contributed by atoms with van der Waals surface area (Å²) >= 11 is 0. The van der Waals surface area contributed by atoms with E-state index in [4.69, 9.17) is 0 Å². The zero-order valence-corrected chi connectivity index (χ0v) is 9.07. The monoisotopic (exact) mass is 227 g/mol. The Bertz CT molecular complexity index is 214. The largest absolute Gasteiger partial charge is 0.490 e. The van der Waals surface area contributed by atoms with Gasteiger partial charge in [0, 0.05) is 5.54 Å². The third kappa shape index (κ3) is 6.33. The lowest BCUT2D eigenvalue weighted by molar-refractivity contribution is -0.201. The minimum atomic E-state index is -4.92. The summed E-state index contributed by atoms with van der Waals surface area (Å²) < 4.78 is 39.5. The molecule has 0 aliphatic carbocycles. The topological polar surface area (TPSA) is 38.3 Å². The van der Waals surface area contributed by atoms with Gasteiger partial charge in [-0.3, -0.25) is 0 Å². The van der Waals surface area contributed by atoms with Crippen molar-refractivity contribution in [3.8, 4) is 0 Å². The molecule has 0 amide bonds. The second kappa shape index (κ2) is 5.34. The molecule has 0 radical (unpaired) electrons. The molecule has 0 heterocycles. The third-order valence-electron chi connectivity index (χ3n) is 1.65. The van der Waals surface area contributed by atoms with Gasteiger partial charge in [0.1, 0.15) is 6.61 Å². The van der Waals surface area contributed by atoms with Gasteiger partial charge in [0.25, 0.3) is 0 Å². The minimum absolute atomic E-state index is 0.300. The van der Waals surface area contributed by atoms with Crippen molar-refractivity contribution in [2.24, 2.45) is 0 Å². The molecule has 0 aromatic carbocycles. The Hall–Kier alpha value is -0.780. The number of carbonyl (C=O) groups is 1. The number of halogens is 3. The lowest BCUT2D eigenvalue weighted by Gasteiger charge is -2.25. The Morgan fingerprint density at radius 3 is 2.27 bits per heavy atom. The van der Waals surface area contributed by atoms with Crippen LogP contribution in [0.3, 0.4) is 0 Å². The Morgan fingerprint density at radius 2 is 1.87 bits per heavy atom. The van der Waals surface area contributed by atoms with Crippen LogP contribution in [0.25, 0.3) is 0 Å². The van der Waals surface area contributed by atoms with E-state index in [1.54, 1.807) is 13.8 Å². The molecule has 90 valence electrons. The highest BCUT2D eigenvalue weighted by molar-refractivity contribution is 5.75. The van der Waals surface area contributed by atoms with Crippen molar-refractivity contribution >= 4 is 5.97 Å². The van der Waals surface area contributed by atoms with Gasteiger partial charge in [-0.1, -0.05) is 6.92 Å². The molecule has 0 bridgehead atoms. The van der Waals surface area contributed by atoms with E-state index in [-0.39, 0.29) is 6.61 Å². The molecule has 0 saturated heterocycles. The van der Waals surface area contributed by atoms with Crippen molar-refractivity contribution in [2.75, 3.05) is 13.2 Å². The molecule has 3 nitrogen and oxygen atoms in total. The highest BCUT2D eigenvalue weighted by Crippen LogP contribution is 2.17. The number of nitrogens with one attached hydrogen (secondary N) is 1. The van der Waals surface area contributed by atoms with Gasteiger partial charge in [-0.25, -0.2) is 4.79 Å². The van der Waals surface area contributed by atoms with Crippen LogP contribution in [0, 0.1) is 0 Å². The molecule has 0 fully saturated rings. The average Bonchev–Trinajstić information content (AvgIpc) is 2.09. The summed E-state index contributed by atoms with van der Waals surface area (Å²) in [5.74, 6) is -2.14. The lowest BCUT2D eigenvalue weighted by Crippen LogP contribution is -2.45. The Balaban J connectivity index is 3.98. The predicted octanol–water partition coefficient (Wildman–Crippen LogP) is 1.87. The van der Waals surface area contributed by atoms with E-state index in [9.17, 15) is 18.0 Å². The summed E-state index contributed by atoms with van der Waals surface area (Å²) in [6, 6.07) is 0. The lowest BCUT2D eigenvalue weighted by atomic mass is 10.1. The molecule has 0 unspecified atom stereocenters. The summed E-state index contributed by atoms with van der Waals surface area (Å²) in [6.45, 7) is 5.64. The average molecular weight is 227 g/mol. The Labute approximate surface area is 87.0 Å². The van der Waals surface area contributed by atoms with Crippen LogP contribution in [0.4, 0.5) is 13.2 Å². The third-order valence-corrected chi connectivity index (χ3v) is 1.65. The summed E-state index contributed by atoms with van der Waals surface area (Å²) in [4.78, 5) is 10.4. The van der Waals surface area contributed by atoms with Gasteiger partial charge in [0.15, 0.2) is 0 Å². The number of rotatable bonds is 5. The normalized spacial score (nSPS) is 12.7. The molecule has 0 saturated carbocycles. The molecule has 0 aromatic heterocycles. The zero-order chi connectivity index (χ0) is 12.1. The first-order chi connectivity index (χ1) is 6.69. The van der Waals surface area contributed by atoms with Crippen molar-refractivity contribution in [3.05, 3.63) is 0 Å². The van der Waals surface area contributed by atoms with Crippen molar-refractivity contribution in [1.29, 1.82) is 0 Å². The van der Waals surface area contributed by atoms with Crippen LogP contribution in [-0.2, 0) is 9.53 Å². The van der Waals surface area contributed by atoms with E-state index >= 15 is 0 Å². The fraction of sp³-hybridized carbons (Fsp3) is 0.889. The molecule has 1 N–H and O–H groups in total. The molecule has 0 aliphatic heterocycles. The van der Waals surface area contributed by atoms with Gasteiger partial charge in [0.05, 0.1) is 0 Å². The smallest absolute Gasteiger partial charge is 0.457 e. The summed E-state index contributed by atoms with van der Waals surface area (Å²) in [6.07, 6.45) is -4.06. The quantitative estimate of drug-likeness (QED) is 0.729. The van der Waals surface area contributed by atoms with Gasteiger partial charge in [0.2, 0.25) is 0 Å². The number of ether oxygens (including phenoxy) is 1. The van der Waals surface area contributed by atoms with E-state index in [1.165, 1.54) is 0 Å². The van der Waals surface area contributed by atoms with Crippen LogP contribution in [-0.4, -0.2) is 30.8 Å². The van der Waals surface area contributed by atoms with Gasteiger partial charge in [-0.2, -0.15) is 13.2 Å². The molecule has 0 atom stereocenters. The Kier molecular flexibility index (Phi) is 5.07. The van der Waals surface area contributed by atoms with E-state index in [0.717, 1.165) is 6.42 Å². The van der Waals surface area contributed by atoms with Gasteiger partial charge < -0.3 is 10.1 Å². The standard InChI is InChI=1S/C9H16F3NO2/c1-4-5-13-8(2,3)6-15-7(14)9(10,11)12/h13H,4-6H2,1-3H3. The van der Waals surface area contributed by atoms with Gasteiger partial charge in [-0.15, -0.1) is 0 Å². The van der Waals surface area contributed by atoms with Gasteiger partial charge in [-0.05, 0) is 26.8 Å². The van der Waals surface area contributed by atoms with Crippen LogP contribution >= 0.6 is 0 Å². The second-order valence-corrected chi connectivity index (χ2v) is 3.88. The number of hydrogen-bond donors (Lipinski definition) is 1. The van der Waals surface area contributed by atoms with Crippen LogP contribution in [0.2, 0.25) is 0 Å². The highest BCUT2D eigenvalue weighted by atomic mass is 19.4. The second-order valence-electron chi connectivity index (χ2n) is 3.88. The fourth-order valence-electron chi connectivity index (χ4n) is 0.842. The van der Waals surface area contributed by atoms with Crippen LogP contribution < -0.4 is 5.32 Å². The van der Waals surface area contributed by atoms with Gasteiger partial charge >= 0.3 is 12.1 Å². The first-order valence-corrected chi connectivity index (χ1v) is 4.68. The van der Waals surface area contributed by atoms with Crippen LogP contribution in [0.1, 0.15) is 27.2 Å². The SMILES string of the molecule is CCCNC(C)(C)COC(=O)C(F)(F)F. The predicted molar refractivity (Wildman–Crippen MR) is 49.4 cm³/mol. The number of carbonyl (C=O) groups excluding carboxylic acids is 1. The van der Waals surface area contributed by atoms with Crippen molar-refractivity contribution < 1.29 is 22.7 Å². The Morgan fingerprint density at radius 1 is 1.33 bits per heavy atom. The molecule has 0 aromatic rings. The van der Waals surface area contributed by atoms with E-state index in [0.29, 0.717) is 6.54 Å². The maximum atomic E-state index is 11.8. The molecular weight excluding hydrogens is 211 g/mol. The van der Waals surface area contributed by atoms with E-state index < -0.39 is 17.7 Å². The number of alkyl halides is 3. The molecule has 6 heteroatoms. The first kappa shape index (κ1) is 14.2. The van der Waals surface area contributed by atoms with E-state index in [2.05, 4.69) is 10.1 Å². The van der Waals surface area contributed by atoms with Crippen molar-refractivity contribution in [3.63, 3.8) is 0 Å². The summed E-state index contributed by atoms with van der Waals surface area (Å²) in [7, 11) is 0.